The molecule has 0 bridgehead atoms. The average Bonchev–Trinajstić information content (AvgIpc) is 2.91. The highest BCUT2D eigenvalue weighted by Crippen LogP contribution is 2.19. The second-order valence-corrected chi connectivity index (χ2v) is 5.12. The minimum absolute atomic E-state index is 0.128. The summed E-state index contributed by atoms with van der Waals surface area (Å²) < 4.78 is 0. The molecule has 86 valence electrons. The summed E-state index contributed by atoms with van der Waals surface area (Å²) in [6.07, 6.45) is 4.20. The molecule has 0 aromatic carbocycles. The first-order valence-electron chi connectivity index (χ1n) is 5.60. The van der Waals surface area contributed by atoms with Crippen LogP contribution in [0.1, 0.15) is 33.6 Å². The molecule has 3 nitrogen and oxygen atoms in total. The van der Waals surface area contributed by atoms with Crippen LogP contribution in [-0.2, 0) is 4.79 Å². The van der Waals surface area contributed by atoms with Crippen molar-refractivity contribution in [3.8, 4) is 0 Å². The van der Waals surface area contributed by atoms with Gasteiger partial charge in [-0.15, -0.1) is 6.58 Å². The molecule has 1 fully saturated rings. The first-order chi connectivity index (χ1) is 6.95. The van der Waals surface area contributed by atoms with E-state index in [1.807, 2.05) is 25.7 Å². The Morgan fingerprint density at radius 3 is 2.53 bits per heavy atom. The predicted octanol–water partition coefficient (Wildman–Crippen LogP) is 1.55. The molecule has 0 spiro atoms. The third kappa shape index (κ3) is 4.04. The van der Waals surface area contributed by atoms with E-state index in [1.165, 1.54) is 12.8 Å². The summed E-state index contributed by atoms with van der Waals surface area (Å²) in [5, 5.41) is 3.24. The van der Waals surface area contributed by atoms with Crippen molar-refractivity contribution in [3.63, 3.8) is 0 Å². The van der Waals surface area contributed by atoms with E-state index in [-0.39, 0.29) is 11.4 Å². The topological polar surface area (TPSA) is 32.3 Å². The van der Waals surface area contributed by atoms with Gasteiger partial charge in [0.05, 0.1) is 6.54 Å². The molecule has 0 heterocycles. The summed E-state index contributed by atoms with van der Waals surface area (Å²) in [5.74, 6) is 0.161. The lowest BCUT2D eigenvalue weighted by molar-refractivity contribution is -0.134. The van der Waals surface area contributed by atoms with Gasteiger partial charge in [-0.25, -0.2) is 0 Å². The molecule has 0 unspecified atom stereocenters. The van der Waals surface area contributed by atoms with Crippen molar-refractivity contribution in [2.24, 2.45) is 0 Å². The van der Waals surface area contributed by atoms with Crippen molar-refractivity contribution < 1.29 is 4.79 Å². The van der Waals surface area contributed by atoms with Crippen molar-refractivity contribution in [3.05, 3.63) is 12.7 Å². The van der Waals surface area contributed by atoms with Crippen LogP contribution in [0, 0.1) is 0 Å². The van der Waals surface area contributed by atoms with E-state index in [1.54, 1.807) is 6.08 Å². The van der Waals surface area contributed by atoms with E-state index in [9.17, 15) is 4.79 Å². The number of rotatable bonds is 5. The third-order valence-corrected chi connectivity index (χ3v) is 2.54. The van der Waals surface area contributed by atoms with Crippen molar-refractivity contribution in [2.45, 2.75) is 45.2 Å². The molecule has 0 radical (unpaired) electrons. The van der Waals surface area contributed by atoms with Crippen LogP contribution in [0.2, 0.25) is 0 Å². The molecular formula is C12H22N2O. The van der Waals surface area contributed by atoms with Crippen LogP contribution in [-0.4, -0.2) is 35.5 Å². The number of hydrogen-bond donors (Lipinski definition) is 1. The normalized spacial score (nSPS) is 16.2. The predicted molar refractivity (Wildman–Crippen MR) is 62.7 cm³/mol. The summed E-state index contributed by atoms with van der Waals surface area (Å²) in [5.41, 5.74) is -0.128. The molecule has 1 aliphatic carbocycles. The fourth-order valence-electron chi connectivity index (χ4n) is 1.49. The first-order valence-corrected chi connectivity index (χ1v) is 5.60. The number of amides is 1. The van der Waals surface area contributed by atoms with Crippen LogP contribution in [0.4, 0.5) is 0 Å². The van der Waals surface area contributed by atoms with Crippen molar-refractivity contribution in [1.29, 1.82) is 0 Å². The van der Waals surface area contributed by atoms with Gasteiger partial charge in [0, 0.05) is 18.1 Å². The van der Waals surface area contributed by atoms with Crippen LogP contribution in [0.15, 0.2) is 12.7 Å². The lowest BCUT2D eigenvalue weighted by atomic mass is 10.1. The first kappa shape index (κ1) is 12.2. The molecule has 1 rings (SSSR count). The van der Waals surface area contributed by atoms with Gasteiger partial charge >= 0.3 is 0 Å². The maximum atomic E-state index is 11.9. The second kappa shape index (κ2) is 4.79. The fraction of sp³-hybridized carbons (Fsp3) is 0.750. The zero-order chi connectivity index (χ0) is 11.5. The highest BCUT2D eigenvalue weighted by atomic mass is 16.2. The van der Waals surface area contributed by atoms with Crippen LogP contribution < -0.4 is 5.32 Å². The summed E-state index contributed by atoms with van der Waals surface area (Å²) in [4.78, 5) is 13.8. The number of carbonyl (C=O) groups excluding carboxylic acids is 1. The van der Waals surface area contributed by atoms with Gasteiger partial charge < -0.3 is 10.2 Å². The van der Waals surface area contributed by atoms with Gasteiger partial charge in [-0.05, 0) is 33.6 Å². The Morgan fingerprint density at radius 1 is 1.53 bits per heavy atom. The van der Waals surface area contributed by atoms with Gasteiger partial charge in [0.2, 0.25) is 5.91 Å². The van der Waals surface area contributed by atoms with Crippen molar-refractivity contribution >= 4 is 5.91 Å². The van der Waals surface area contributed by atoms with Gasteiger partial charge in [-0.2, -0.15) is 0 Å². The van der Waals surface area contributed by atoms with E-state index in [0.29, 0.717) is 19.1 Å². The van der Waals surface area contributed by atoms with Gasteiger partial charge in [-0.1, -0.05) is 6.08 Å². The number of carbonyl (C=O) groups is 1. The van der Waals surface area contributed by atoms with Gasteiger partial charge in [-0.3, -0.25) is 4.79 Å². The number of nitrogens with one attached hydrogen (secondary N) is 1. The molecule has 1 saturated carbocycles. The van der Waals surface area contributed by atoms with Crippen LogP contribution in [0.25, 0.3) is 0 Å². The van der Waals surface area contributed by atoms with Crippen molar-refractivity contribution in [2.75, 3.05) is 13.1 Å². The average molecular weight is 210 g/mol. The molecule has 0 aromatic rings. The van der Waals surface area contributed by atoms with E-state index >= 15 is 0 Å². The Hall–Kier alpha value is -0.830. The number of nitrogens with zero attached hydrogens (tertiary/aromatic N) is 1. The monoisotopic (exact) mass is 210 g/mol. The smallest absolute Gasteiger partial charge is 0.237 e. The molecule has 0 aliphatic heterocycles. The van der Waals surface area contributed by atoms with Crippen LogP contribution in [0.5, 0.6) is 0 Å². The number of hydrogen-bond acceptors (Lipinski definition) is 2. The maximum absolute atomic E-state index is 11.9. The molecule has 3 heteroatoms. The van der Waals surface area contributed by atoms with Gasteiger partial charge in [0.15, 0.2) is 0 Å². The van der Waals surface area contributed by atoms with Gasteiger partial charge in [0.1, 0.15) is 0 Å². The van der Waals surface area contributed by atoms with E-state index in [4.69, 9.17) is 0 Å². The molecule has 1 aliphatic rings. The Balaban J connectivity index is 2.45. The van der Waals surface area contributed by atoms with E-state index in [0.717, 1.165) is 0 Å². The summed E-state index contributed by atoms with van der Waals surface area (Å²) in [6.45, 7) is 10.9. The maximum Gasteiger partial charge on any atom is 0.237 e. The second-order valence-electron chi connectivity index (χ2n) is 5.12. The summed E-state index contributed by atoms with van der Waals surface area (Å²) in [7, 11) is 0. The highest BCUT2D eigenvalue weighted by Gasteiger charge is 2.27. The molecule has 1 amide bonds. The molecule has 1 N–H and O–H groups in total. The quantitative estimate of drug-likeness (QED) is 0.698. The van der Waals surface area contributed by atoms with Crippen molar-refractivity contribution in [1.82, 2.24) is 10.2 Å². The Morgan fingerprint density at radius 2 is 2.13 bits per heavy atom. The SMILES string of the molecule is C=CCN(C(=O)CNC1CC1)C(C)(C)C. The summed E-state index contributed by atoms with van der Waals surface area (Å²) >= 11 is 0. The Bertz CT molecular complexity index is 238. The molecule has 15 heavy (non-hydrogen) atoms. The fourth-order valence-corrected chi connectivity index (χ4v) is 1.49. The van der Waals surface area contributed by atoms with E-state index < -0.39 is 0 Å². The zero-order valence-corrected chi connectivity index (χ0v) is 10.0. The van der Waals surface area contributed by atoms with Gasteiger partial charge in [0.25, 0.3) is 0 Å². The van der Waals surface area contributed by atoms with E-state index in [2.05, 4.69) is 11.9 Å². The standard InChI is InChI=1S/C12H22N2O/c1-5-8-14(12(2,3)4)11(15)9-13-10-6-7-10/h5,10,13H,1,6-9H2,2-4H3. The molecule has 0 aromatic heterocycles. The van der Waals surface area contributed by atoms with Crippen LogP contribution in [0.3, 0.4) is 0 Å². The third-order valence-electron chi connectivity index (χ3n) is 2.54. The Kier molecular flexibility index (Phi) is 3.91. The minimum atomic E-state index is -0.128. The lowest BCUT2D eigenvalue weighted by Crippen LogP contribution is -2.49. The lowest BCUT2D eigenvalue weighted by Gasteiger charge is -2.35. The highest BCUT2D eigenvalue weighted by molar-refractivity contribution is 5.79. The molecule has 0 atom stereocenters. The molecular weight excluding hydrogens is 188 g/mol. The largest absolute Gasteiger partial charge is 0.333 e. The Labute approximate surface area is 92.5 Å². The molecule has 0 saturated heterocycles. The summed E-state index contributed by atoms with van der Waals surface area (Å²) in [6, 6.07) is 0.583. The zero-order valence-electron chi connectivity index (χ0n) is 10.0. The minimum Gasteiger partial charge on any atom is -0.333 e. The van der Waals surface area contributed by atoms with Crippen LogP contribution >= 0.6 is 0 Å².